The van der Waals surface area contributed by atoms with Crippen molar-refractivity contribution in [1.29, 1.82) is 0 Å². The van der Waals surface area contributed by atoms with Crippen molar-refractivity contribution >= 4 is 0 Å². The van der Waals surface area contributed by atoms with E-state index < -0.39 is 0 Å². The quantitative estimate of drug-likeness (QED) is 0.821. The van der Waals surface area contributed by atoms with Gasteiger partial charge in [0.05, 0.1) is 5.69 Å². The summed E-state index contributed by atoms with van der Waals surface area (Å²) in [6.45, 7) is 10.2. The van der Waals surface area contributed by atoms with Crippen molar-refractivity contribution < 1.29 is 0 Å². The van der Waals surface area contributed by atoms with Gasteiger partial charge in [-0.1, -0.05) is 26.7 Å². The van der Waals surface area contributed by atoms with Crippen LogP contribution in [0.4, 0.5) is 0 Å². The van der Waals surface area contributed by atoms with Gasteiger partial charge in [-0.2, -0.15) is 5.10 Å². The highest BCUT2D eigenvalue weighted by Gasteiger charge is 2.30. The third kappa shape index (κ3) is 3.85. The van der Waals surface area contributed by atoms with Crippen molar-refractivity contribution in [2.24, 2.45) is 11.8 Å². The van der Waals surface area contributed by atoms with Crippen LogP contribution in [0.2, 0.25) is 0 Å². The fourth-order valence-corrected chi connectivity index (χ4v) is 3.48. The number of nitrogens with zero attached hydrogens (tertiary/aromatic N) is 2. The Morgan fingerprint density at radius 1 is 1.40 bits per heavy atom. The molecule has 3 atom stereocenters. The Kier molecular flexibility index (Phi) is 5.64. The lowest BCUT2D eigenvalue weighted by atomic mass is 9.87. The van der Waals surface area contributed by atoms with E-state index in [-0.39, 0.29) is 0 Å². The summed E-state index contributed by atoms with van der Waals surface area (Å²) in [6, 6.07) is 3.25. The van der Waals surface area contributed by atoms with E-state index in [0.717, 1.165) is 24.8 Å². The largest absolute Gasteiger partial charge is 0.313 e. The maximum atomic E-state index is 4.73. The minimum atomic E-state index is 0.455. The van der Waals surface area contributed by atoms with E-state index >= 15 is 0 Å². The smallest absolute Gasteiger partial charge is 0.0640 e. The average molecular weight is 277 g/mol. The van der Waals surface area contributed by atoms with Crippen LogP contribution in [-0.4, -0.2) is 22.4 Å². The van der Waals surface area contributed by atoms with Crippen molar-refractivity contribution in [1.82, 2.24) is 15.1 Å². The minimum absolute atomic E-state index is 0.455. The highest BCUT2D eigenvalue weighted by Crippen LogP contribution is 2.34. The summed E-state index contributed by atoms with van der Waals surface area (Å²) in [5, 5.41) is 8.51. The van der Waals surface area contributed by atoms with Crippen molar-refractivity contribution in [3.63, 3.8) is 0 Å². The SMILES string of the molecule is CCCNC(Cc1ccn(C(C)C)n1)C1CCCC1C. The zero-order valence-corrected chi connectivity index (χ0v) is 13.6. The summed E-state index contributed by atoms with van der Waals surface area (Å²) < 4.78 is 2.07. The predicted molar refractivity (Wildman–Crippen MR) is 84.9 cm³/mol. The van der Waals surface area contributed by atoms with Gasteiger partial charge in [0, 0.05) is 24.7 Å². The molecule has 1 N–H and O–H groups in total. The zero-order valence-electron chi connectivity index (χ0n) is 13.6. The first-order chi connectivity index (χ1) is 9.61. The molecule has 0 bridgehead atoms. The number of nitrogens with one attached hydrogen (secondary N) is 1. The van der Waals surface area contributed by atoms with Gasteiger partial charge < -0.3 is 5.32 Å². The van der Waals surface area contributed by atoms with Gasteiger partial charge in [-0.15, -0.1) is 0 Å². The molecule has 0 aromatic carbocycles. The first-order valence-corrected chi connectivity index (χ1v) is 8.39. The van der Waals surface area contributed by atoms with Crippen LogP contribution in [0, 0.1) is 11.8 Å². The number of hydrogen-bond acceptors (Lipinski definition) is 2. The molecule has 1 aliphatic rings. The second kappa shape index (κ2) is 7.26. The van der Waals surface area contributed by atoms with Crippen LogP contribution in [0.3, 0.4) is 0 Å². The maximum Gasteiger partial charge on any atom is 0.0640 e. The molecule has 1 aromatic heterocycles. The topological polar surface area (TPSA) is 29.9 Å². The van der Waals surface area contributed by atoms with E-state index in [9.17, 15) is 0 Å². The maximum absolute atomic E-state index is 4.73. The summed E-state index contributed by atoms with van der Waals surface area (Å²) in [7, 11) is 0. The molecule has 0 radical (unpaired) electrons. The van der Waals surface area contributed by atoms with Gasteiger partial charge in [0.25, 0.3) is 0 Å². The van der Waals surface area contributed by atoms with Gasteiger partial charge in [-0.25, -0.2) is 0 Å². The monoisotopic (exact) mass is 277 g/mol. The second-order valence-electron chi connectivity index (χ2n) is 6.72. The Bertz CT molecular complexity index is 397. The molecular formula is C17H31N3. The Morgan fingerprint density at radius 3 is 2.75 bits per heavy atom. The molecule has 3 unspecified atom stereocenters. The molecule has 0 saturated heterocycles. The van der Waals surface area contributed by atoms with Crippen LogP contribution in [0.5, 0.6) is 0 Å². The normalized spacial score (nSPS) is 24.4. The molecule has 114 valence electrons. The molecule has 3 heteroatoms. The molecule has 0 aliphatic heterocycles. The van der Waals surface area contributed by atoms with Gasteiger partial charge in [-0.05, 0) is 51.1 Å². The van der Waals surface area contributed by atoms with Crippen molar-refractivity contribution in [3.05, 3.63) is 18.0 Å². The first kappa shape index (κ1) is 15.6. The molecule has 1 aliphatic carbocycles. The lowest BCUT2D eigenvalue weighted by Gasteiger charge is -2.27. The molecule has 1 heterocycles. The zero-order chi connectivity index (χ0) is 14.5. The van der Waals surface area contributed by atoms with Gasteiger partial charge in [0.15, 0.2) is 0 Å². The third-order valence-electron chi connectivity index (χ3n) is 4.72. The van der Waals surface area contributed by atoms with Crippen LogP contribution >= 0.6 is 0 Å². The molecule has 0 amide bonds. The van der Waals surface area contributed by atoms with Crippen molar-refractivity contribution in [2.45, 2.75) is 71.9 Å². The van der Waals surface area contributed by atoms with Gasteiger partial charge >= 0.3 is 0 Å². The second-order valence-corrected chi connectivity index (χ2v) is 6.72. The van der Waals surface area contributed by atoms with Gasteiger partial charge in [0.1, 0.15) is 0 Å². The molecule has 0 spiro atoms. The van der Waals surface area contributed by atoms with Crippen LogP contribution in [0.25, 0.3) is 0 Å². The van der Waals surface area contributed by atoms with E-state index in [0.29, 0.717) is 12.1 Å². The molecule has 1 aromatic rings. The van der Waals surface area contributed by atoms with Crippen LogP contribution in [0.15, 0.2) is 12.3 Å². The standard InChI is InChI=1S/C17H31N3/c1-5-10-18-17(16-8-6-7-14(16)4)12-15-9-11-20(19-15)13(2)3/h9,11,13-14,16-18H,5-8,10,12H2,1-4H3. The summed E-state index contributed by atoms with van der Waals surface area (Å²) in [6.07, 6.45) is 8.58. The molecule has 2 rings (SSSR count). The number of hydrogen-bond donors (Lipinski definition) is 1. The lowest BCUT2D eigenvalue weighted by molar-refractivity contribution is 0.293. The predicted octanol–water partition coefficient (Wildman–Crippen LogP) is 3.81. The fraction of sp³-hybridized carbons (Fsp3) is 0.824. The summed E-state index contributed by atoms with van der Waals surface area (Å²) in [5.41, 5.74) is 1.24. The van der Waals surface area contributed by atoms with Gasteiger partial charge in [-0.3, -0.25) is 4.68 Å². The Balaban J connectivity index is 2.02. The van der Waals surface area contributed by atoms with Crippen LogP contribution in [-0.2, 0) is 6.42 Å². The number of rotatable bonds is 7. The van der Waals surface area contributed by atoms with Gasteiger partial charge in [0.2, 0.25) is 0 Å². The summed E-state index contributed by atoms with van der Waals surface area (Å²) in [5.74, 6) is 1.68. The van der Waals surface area contributed by atoms with Crippen molar-refractivity contribution in [2.75, 3.05) is 6.54 Å². The summed E-state index contributed by atoms with van der Waals surface area (Å²) in [4.78, 5) is 0. The van der Waals surface area contributed by atoms with E-state index in [2.05, 4.69) is 50.0 Å². The van der Waals surface area contributed by atoms with E-state index in [1.807, 2.05) is 0 Å². The molecule has 1 saturated carbocycles. The lowest BCUT2D eigenvalue weighted by Crippen LogP contribution is -2.39. The average Bonchev–Trinajstić information content (AvgIpc) is 3.03. The Morgan fingerprint density at radius 2 is 2.20 bits per heavy atom. The summed E-state index contributed by atoms with van der Waals surface area (Å²) >= 11 is 0. The molecule has 20 heavy (non-hydrogen) atoms. The van der Waals surface area contributed by atoms with Crippen LogP contribution < -0.4 is 5.32 Å². The minimum Gasteiger partial charge on any atom is -0.313 e. The fourth-order valence-electron chi connectivity index (χ4n) is 3.48. The molecular weight excluding hydrogens is 246 g/mol. The molecule has 3 nitrogen and oxygen atoms in total. The van der Waals surface area contributed by atoms with Crippen LogP contribution in [0.1, 0.15) is 65.1 Å². The van der Waals surface area contributed by atoms with E-state index in [1.165, 1.54) is 31.4 Å². The number of aromatic nitrogens is 2. The Hall–Kier alpha value is -0.830. The van der Waals surface area contributed by atoms with E-state index in [1.54, 1.807) is 0 Å². The van der Waals surface area contributed by atoms with Crippen molar-refractivity contribution in [3.8, 4) is 0 Å². The third-order valence-corrected chi connectivity index (χ3v) is 4.72. The highest BCUT2D eigenvalue weighted by atomic mass is 15.3. The highest BCUT2D eigenvalue weighted by molar-refractivity contribution is 5.04. The van der Waals surface area contributed by atoms with E-state index in [4.69, 9.17) is 5.10 Å². The Labute approximate surface area is 124 Å². The first-order valence-electron chi connectivity index (χ1n) is 8.39. The molecule has 1 fully saturated rings.